The smallest absolute Gasteiger partial charge is 0.317 e. The maximum absolute atomic E-state index is 13.2. The summed E-state index contributed by atoms with van der Waals surface area (Å²) in [6.45, 7) is 2.19. The minimum absolute atomic E-state index is 0.109. The molecule has 1 aromatic carbocycles. The van der Waals surface area contributed by atoms with E-state index >= 15 is 0 Å². The van der Waals surface area contributed by atoms with Crippen molar-refractivity contribution >= 4 is 22.5 Å². The Kier molecular flexibility index (Phi) is 5.70. The second-order valence-electron chi connectivity index (χ2n) is 6.06. The second-order valence-corrected chi connectivity index (χ2v) is 6.95. The predicted octanol–water partition coefficient (Wildman–Crippen LogP) is 2.87. The molecule has 0 spiro atoms. The molecule has 1 aliphatic rings. The molecule has 0 radical (unpaired) electrons. The molecule has 1 saturated heterocycles. The van der Waals surface area contributed by atoms with E-state index in [2.05, 4.69) is 10.3 Å². The third-order valence-electron chi connectivity index (χ3n) is 4.08. The molecule has 3 rings (SSSR count). The first-order valence-electron chi connectivity index (χ1n) is 8.21. The zero-order valence-electron chi connectivity index (χ0n) is 13.8. The first kappa shape index (κ1) is 17.5. The topological polar surface area (TPSA) is 80.5 Å². The Hall–Kier alpha value is -2.35. The fraction of sp³-hybridized carbons (Fsp3) is 0.412. The summed E-state index contributed by atoms with van der Waals surface area (Å²) < 4.78 is 18.8. The first-order chi connectivity index (χ1) is 12.1. The highest BCUT2D eigenvalue weighted by molar-refractivity contribution is 7.13. The summed E-state index contributed by atoms with van der Waals surface area (Å²) in [6, 6.07) is 6.00. The number of halogens is 1. The summed E-state index contributed by atoms with van der Waals surface area (Å²) in [6.07, 6.45) is 1.91. The van der Waals surface area contributed by atoms with E-state index in [9.17, 15) is 9.18 Å². The molecule has 2 heterocycles. The number of ether oxygens (including phenoxy) is 1. The van der Waals surface area contributed by atoms with E-state index in [0.29, 0.717) is 30.6 Å². The lowest BCUT2D eigenvalue weighted by molar-refractivity contribution is 0.137. The number of thiazole rings is 1. The predicted molar refractivity (Wildman–Crippen MR) is 95.0 cm³/mol. The fourth-order valence-corrected chi connectivity index (χ4v) is 3.40. The lowest BCUT2D eigenvalue weighted by Crippen LogP contribution is -2.46. The molecule has 25 heavy (non-hydrogen) atoms. The van der Waals surface area contributed by atoms with Crippen LogP contribution in [0.5, 0.6) is 5.75 Å². The SMILES string of the molecule is Nc1nc(CNC(=O)N2CCC[C@@H](COc3cccc(F)c3)C2)cs1. The Bertz CT molecular complexity index is 724. The van der Waals surface area contributed by atoms with Crippen LogP contribution in [0.1, 0.15) is 18.5 Å². The molecule has 134 valence electrons. The summed E-state index contributed by atoms with van der Waals surface area (Å²) >= 11 is 1.36. The lowest BCUT2D eigenvalue weighted by atomic mass is 9.99. The van der Waals surface area contributed by atoms with Crippen molar-refractivity contribution in [1.29, 1.82) is 0 Å². The van der Waals surface area contributed by atoms with Crippen LogP contribution in [0.25, 0.3) is 0 Å². The van der Waals surface area contributed by atoms with Crippen LogP contribution in [0, 0.1) is 11.7 Å². The van der Waals surface area contributed by atoms with Crippen molar-refractivity contribution in [3.05, 3.63) is 41.2 Å². The zero-order valence-corrected chi connectivity index (χ0v) is 14.6. The van der Waals surface area contributed by atoms with Crippen LogP contribution in [-0.2, 0) is 6.54 Å². The standard InChI is InChI=1S/C17H21FN4O2S/c18-13-4-1-5-15(7-13)24-10-12-3-2-6-22(9-12)17(23)20-8-14-11-25-16(19)21-14/h1,4-5,7,11-12H,2-3,6,8-10H2,(H2,19,21)(H,20,23)/t12-/m1/s1. The van der Waals surface area contributed by atoms with E-state index < -0.39 is 0 Å². The third-order valence-corrected chi connectivity index (χ3v) is 4.80. The van der Waals surface area contributed by atoms with Crippen LogP contribution in [0.3, 0.4) is 0 Å². The number of likely N-dealkylation sites (tertiary alicyclic amines) is 1. The molecule has 0 saturated carbocycles. The molecule has 1 atom stereocenters. The number of anilines is 1. The number of piperidine rings is 1. The number of hydrogen-bond acceptors (Lipinski definition) is 5. The van der Waals surface area contributed by atoms with Crippen molar-refractivity contribution in [1.82, 2.24) is 15.2 Å². The molecule has 3 N–H and O–H groups in total. The van der Waals surface area contributed by atoms with Gasteiger partial charge in [-0.05, 0) is 25.0 Å². The molecule has 6 nitrogen and oxygen atoms in total. The van der Waals surface area contributed by atoms with Gasteiger partial charge in [0.2, 0.25) is 0 Å². The molecule has 1 aromatic heterocycles. The second kappa shape index (κ2) is 8.15. The number of nitrogens with two attached hydrogens (primary N) is 1. The van der Waals surface area contributed by atoms with E-state index in [0.717, 1.165) is 25.1 Å². The average molecular weight is 364 g/mol. The molecule has 2 aromatic rings. The van der Waals surface area contributed by atoms with Gasteiger partial charge in [0.1, 0.15) is 11.6 Å². The average Bonchev–Trinajstić information content (AvgIpc) is 3.03. The van der Waals surface area contributed by atoms with Crippen molar-refractivity contribution in [2.75, 3.05) is 25.4 Å². The zero-order chi connectivity index (χ0) is 17.6. The molecule has 1 fully saturated rings. The molecule has 0 unspecified atom stereocenters. The monoisotopic (exact) mass is 364 g/mol. The Morgan fingerprint density at radius 3 is 3.16 bits per heavy atom. The molecular formula is C17H21FN4O2S. The highest BCUT2D eigenvalue weighted by Crippen LogP contribution is 2.19. The quantitative estimate of drug-likeness (QED) is 0.855. The molecule has 8 heteroatoms. The maximum Gasteiger partial charge on any atom is 0.317 e. The van der Waals surface area contributed by atoms with Gasteiger partial charge in [0.25, 0.3) is 0 Å². The molecule has 0 aliphatic carbocycles. The minimum atomic E-state index is -0.315. The third kappa shape index (κ3) is 5.06. The summed E-state index contributed by atoms with van der Waals surface area (Å²) in [4.78, 5) is 18.2. The van der Waals surface area contributed by atoms with Crippen molar-refractivity contribution in [2.45, 2.75) is 19.4 Å². The Balaban J connectivity index is 1.46. The largest absolute Gasteiger partial charge is 0.493 e. The fourth-order valence-electron chi connectivity index (χ4n) is 2.84. The maximum atomic E-state index is 13.2. The lowest BCUT2D eigenvalue weighted by Gasteiger charge is -2.32. The van der Waals surface area contributed by atoms with Gasteiger partial charge >= 0.3 is 6.03 Å². The first-order valence-corrected chi connectivity index (χ1v) is 9.09. The Labute approximate surface area is 149 Å². The Morgan fingerprint density at radius 2 is 2.40 bits per heavy atom. The number of nitrogen functional groups attached to an aromatic ring is 1. The van der Waals surface area contributed by atoms with Gasteiger partial charge in [-0.2, -0.15) is 0 Å². The number of amides is 2. The summed E-state index contributed by atoms with van der Waals surface area (Å²) in [5.74, 6) is 0.435. The van der Waals surface area contributed by atoms with Crippen LogP contribution in [-0.4, -0.2) is 35.6 Å². The van der Waals surface area contributed by atoms with Gasteiger partial charge in [0.05, 0.1) is 18.8 Å². The van der Waals surface area contributed by atoms with Crippen molar-refractivity contribution in [3.8, 4) is 5.75 Å². The molecule has 2 amide bonds. The minimum Gasteiger partial charge on any atom is -0.493 e. The molecule has 1 aliphatic heterocycles. The molecule has 0 bridgehead atoms. The van der Waals surface area contributed by atoms with Crippen LogP contribution in [0.15, 0.2) is 29.6 Å². The van der Waals surface area contributed by atoms with E-state index in [4.69, 9.17) is 10.5 Å². The highest BCUT2D eigenvalue weighted by atomic mass is 32.1. The summed E-state index contributed by atoms with van der Waals surface area (Å²) in [5, 5.41) is 5.20. The van der Waals surface area contributed by atoms with Crippen LogP contribution < -0.4 is 15.8 Å². The number of rotatable bonds is 5. The van der Waals surface area contributed by atoms with E-state index in [1.807, 2.05) is 5.38 Å². The Morgan fingerprint density at radius 1 is 1.52 bits per heavy atom. The number of benzene rings is 1. The highest BCUT2D eigenvalue weighted by Gasteiger charge is 2.24. The number of urea groups is 1. The number of carbonyl (C=O) groups is 1. The van der Waals surface area contributed by atoms with Gasteiger partial charge in [-0.25, -0.2) is 14.2 Å². The normalized spacial score (nSPS) is 17.3. The van der Waals surface area contributed by atoms with Gasteiger partial charge in [0.15, 0.2) is 5.13 Å². The number of hydrogen-bond donors (Lipinski definition) is 2. The van der Waals surface area contributed by atoms with E-state index in [1.165, 1.54) is 23.5 Å². The van der Waals surface area contributed by atoms with Crippen LogP contribution in [0.4, 0.5) is 14.3 Å². The number of carbonyl (C=O) groups excluding carboxylic acids is 1. The van der Waals surface area contributed by atoms with E-state index in [1.54, 1.807) is 17.0 Å². The van der Waals surface area contributed by atoms with E-state index in [-0.39, 0.29) is 17.8 Å². The summed E-state index contributed by atoms with van der Waals surface area (Å²) in [7, 11) is 0. The van der Waals surface area contributed by atoms with Gasteiger partial charge in [-0.1, -0.05) is 6.07 Å². The van der Waals surface area contributed by atoms with Crippen molar-refractivity contribution in [3.63, 3.8) is 0 Å². The van der Waals surface area contributed by atoms with Crippen molar-refractivity contribution < 1.29 is 13.9 Å². The van der Waals surface area contributed by atoms with Crippen LogP contribution in [0.2, 0.25) is 0 Å². The van der Waals surface area contributed by atoms with Crippen LogP contribution >= 0.6 is 11.3 Å². The van der Waals surface area contributed by atoms with Gasteiger partial charge in [-0.3, -0.25) is 0 Å². The number of aromatic nitrogens is 1. The van der Waals surface area contributed by atoms with Gasteiger partial charge < -0.3 is 20.7 Å². The number of nitrogens with zero attached hydrogens (tertiary/aromatic N) is 2. The van der Waals surface area contributed by atoms with Gasteiger partial charge in [0, 0.05) is 30.5 Å². The van der Waals surface area contributed by atoms with Crippen molar-refractivity contribution in [2.24, 2.45) is 5.92 Å². The number of nitrogens with one attached hydrogen (secondary N) is 1. The summed E-state index contributed by atoms with van der Waals surface area (Å²) in [5.41, 5.74) is 6.35. The van der Waals surface area contributed by atoms with Gasteiger partial charge in [-0.15, -0.1) is 11.3 Å². The molecular weight excluding hydrogens is 343 g/mol.